The molecular formula is C20H32N2O4SSi. The topological polar surface area (TPSA) is 54.7 Å². The van der Waals surface area contributed by atoms with Gasteiger partial charge in [-0.25, -0.2) is 4.98 Å². The molecule has 0 radical (unpaired) electrons. The number of thiocarbonyl (C=S) groups is 1. The van der Waals surface area contributed by atoms with Crippen LogP contribution in [0.2, 0.25) is 19.6 Å². The minimum atomic E-state index is -1.37. The van der Waals surface area contributed by atoms with Gasteiger partial charge in [0.15, 0.2) is 12.6 Å². The molecule has 0 amide bonds. The molecule has 1 aliphatic heterocycles. The van der Waals surface area contributed by atoms with Crippen LogP contribution in [0.5, 0.6) is 0 Å². The van der Waals surface area contributed by atoms with E-state index in [1.807, 2.05) is 13.8 Å². The van der Waals surface area contributed by atoms with Crippen molar-refractivity contribution in [2.75, 3.05) is 6.61 Å². The highest BCUT2D eigenvalue weighted by molar-refractivity contribution is 7.80. The van der Waals surface area contributed by atoms with Crippen molar-refractivity contribution in [3.63, 3.8) is 0 Å². The predicted octanol–water partition coefficient (Wildman–Crippen LogP) is 3.97. The van der Waals surface area contributed by atoms with E-state index in [2.05, 4.69) is 36.1 Å². The largest absolute Gasteiger partial charge is 0.464 e. The van der Waals surface area contributed by atoms with Gasteiger partial charge < -0.3 is 18.9 Å². The zero-order valence-corrected chi connectivity index (χ0v) is 19.3. The molecule has 0 aromatic carbocycles. The summed E-state index contributed by atoms with van der Waals surface area (Å²) < 4.78 is 25.3. The molecule has 1 fully saturated rings. The zero-order valence-electron chi connectivity index (χ0n) is 17.5. The summed E-state index contributed by atoms with van der Waals surface area (Å²) in [5, 5.41) is 0.381. The van der Waals surface area contributed by atoms with Crippen molar-refractivity contribution >= 4 is 25.5 Å². The standard InChI is InChI=1S/C20H32N2O4SSi/c1-6-23-16(2)24-19-11-10-18(26-20(27)22-13-12-21-15-22)17(25-19)9-7-8-14-28(3,4)5/h12-13,15-19H,6-7,9-11H2,1-5H3/t16?,17-,18+,19+/m1/s1. The highest BCUT2D eigenvalue weighted by Crippen LogP contribution is 2.27. The van der Waals surface area contributed by atoms with Crippen molar-refractivity contribution in [1.82, 2.24) is 9.55 Å². The Balaban J connectivity index is 1.98. The Morgan fingerprint density at radius 3 is 2.82 bits per heavy atom. The fourth-order valence-corrected chi connectivity index (χ4v) is 3.80. The van der Waals surface area contributed by atoms with E-state index < -0.39 is 8.07 Å². The monoisotopic (exact) mass is 424 g/mol. The van der Waals surface area contributed by atoms with Gasteiger partial charge in [-0.1, -0.05) is 19.6 Å². The summed E-state index contributed by atoms with van der Waals surface area (Å²) in [6.45, 7) is 11.2. The second kappa shape index (κ2) is 11.1. The second-order valence-electron chi connectivity index (χ2n) is 7.82. The van der Waals surface area contributed by atoms with E-state index in [1.54, 1.807) is 23.3 Å². The van der Waals surface area contributed by atoms with Gasteiger partial charge in [0, 0.05) is 31.8 Å². The Morgan fingerprint density at radius 2 is 2.18 bits per heavy atom. The lowest BCUT2D eigenvalue weighted by molar-refractivity contribution is -0.277. The predicted molar refractivity (Wildman–Crippen MR) is 116 cm³/mol. The summed E-state index contributed by atoms with van der Waals surface area (Å²) in [7, 11) is -1.37. The maximum Gasteiger partial charge on any atom is 0.269 e. The molecule has 2 heterocycles. The normalized spacial score (nSPS) is 23.5. The van der Waals surface area contributed by atoms with Crippen LogP contribution in [0, 0.1) is 11.5 Å². The van der Waals surface area contributed by atoms with Crippen LogP contribution in [0.25, 0.3) is 0 Å². The minimum absolute atomic E-state index is 0.133. The summed E-state index contributed by atoms with van der Waals surface area (Å²) in [5.41, 5.74) is 3.40. The third-order valence-corrected chi connectivity index (χ3v) is 5.39. The first kappa shape index (κ1) is 23.0. The lowest BCUT2D eigenvalue weighted by atomic mass is 10.0. The number of nitrogens with zero attached hydrogens (tertiary/aromatic N) is 2. The third kappa shape index (κ3) is 8.01. The SMILES string of the molecule is CCOC(C)O[C@@H]1CC[C@H](OC(=S)n2ccnc2)[C@@H](CCC#C[Si](C)(C)C)O1. The average molecular weight is 425 g/mol. The first-order chi connectivity index (χ1) is 13.3. The average Bonchev–Trinajstić information content (AvgIpc) is 3.15. The van der Waals surface area contributed by atoms with Crippen molar-refractivity contribution < 1.29 is 18.9 Å². The van der Waals surface area contributed by atoms with Crippen molar-refractivity contribution in [2.45, 2.75) is 84.0 Å². The van der Waals surface area contributed by atoms with Gasteiger partial charge in [-0.2, -0.15) is 0 Å². The highest BCUT2D eigenvalue weighted by atomic mass is 32.1. The molecule has 4 atom stereocenters. The first-order valence-corrected chi connectivity index (χ1v) is 13.8. The fraction of sp³-hybridized carbons (Fsp3) is 0.700. The molecule has 1 unspecified atom stereocenters. The van der Waals surface area contributed by atoms with Crippen LogP contribution in [0.4, 0.5) is 0 Å². The van der Waals surface area contributed by atoms with Crippen LogP contribution in [0.3, 0.4) is 0 Å². The van der Waals surface area contributed by atoms with Gasteiger partial charge in [0.1, 0.15) is 20.5 Å². The first-order valence-electron chi connectivity index (χ1n) is 9.90. The zero-order chi connectivity index (χ0) is 20.6. The summed E-state index contributed by atoms with van der Waals surface area (Å²) in [6.07, 6.45) is 7.27. The van der Waals surface area contributed by atoms with E-state index >= 15 is 0 Å². The van der Waals surface area contributed by atoms with Gasteiger partial charge in [0.25, 0.3) is 5.17 Å². The summed E-state index contributed by atoms with van der Waals surface area (Å²) in [4.78, 5) is 4.02. The van der Waals surface area contributed by atoms with Gasteiger partial charge >= 0.3 is 0 Å². The number of ether oxygens (including phenoxy) is 4. The molecule has 0 spiro atoms. The molecule has 8 heteroatoms. The van der Waals surface area contributed by atoms with Gasteiger partial charge in [0.05, 0.1) is 6.10 Å². The maximum atomic E-state index is 6.20. The molecule has 1 saturated heterocycles. The molecule has 1 aromatic heterocycles. The molecule has 0 aliphatic carbocycles. The van der Waals surface area contributed by atoms with Crippen molar-refractivity contribution in [2.24, 2.45) is 0 Å². The molecule has 156 valence electrons. The van der Waals surface area contributed by atoms with E-state index in [9.17, 15) is 0 Å². The third-order valence-electron chi connectivity index (χ3n) is 4.16. The van der Waals surface area contributed by atoms with E-state index in [0.29, 0.717) is 11.8 Å². The summed E-state index contributed by atoms with van der Waals surface area (Å²) in [6, 6.07) is 0. The number of hydrogen-bond donors (Lipinski definition) is 0. The van der Waals surface area contributed by atoms with Crippen molar-refractivity contribution in [3.8, 4) is 11.5 Å². The van der Waals surface area contributed by atoms with E-state index in [-0.39, 0.29) is 24.8 Å². The Kier molecular flexibility index (Phi) is 9.11. The molecule has 28 heavy (non-hydrogen) atoms. The molecule has 6 nitrogen and oxygen atoms in total. The van der Waals surface area contributed by atoms with Crippen LogP contribution < -0.4 is 0 Å². The van der Waals surface area contributed by atoms with Gasteiger partial charge in [-0.15, -0.1) is 11.5 Å². The highest BCUT2D eigenvalue weighted by Gasteiger charge is 2.34. The maximum absolute atomic E-state index is 6.20. The molecule has 0 N–H and O–H groups in total. The quantitative estimate of drug-likeness (QED) is 0.286. The van der Waals surface area contributed by atoms with E-state index in [4.69, 9.17) is 31.2 Å². The van der Waals surface area contributed by atoms with Gasteiger partial charge in [0.2, 0.25) is 0 Å². The van der Waals surface area contributed by atoms with E-state index in [1.165, 1.54) is 0 Å². The Morgan fingerprint density at radius 1 is 1.39 bits per heavy atom. The van der Waals surface area contributed by atoms with E-state index in [0.717, 1.165) is 25.7 Å². The Bertz CT molecular complexity index is 666. The number of hydrogen-bond acceptors (Lipinski definition) is 6. The Hall–Kier alpha value is -1.24. The fourth-order valence-electron chi connectivity index (χ4n) is 2.91. The van der Waals surface area contributed by atoms with Crippen LogP contribution in [-0.2, 0) is 18.9 Å². The van der Waals surface area contributed by atoms with Gasteiger partial charge in [-0.3, -0.25) is 4.57 Å². The number of aromatic nitrogens is 2. The summed E-state index contributed by atoms with van der Waals surface area (Å²) in [5.74, 6) is 3.31. The second-order valence-corrected chi connectivity index (χ2v) is 12.9. The molecule has 0 bridgehead atoms. The molecule has 2 rings (SSSR count). The van der Waals surface area contributed by atoms with Crippen molar-refractivity contribution in [1.29, 1.82) is 0 Å². The summed E-state index contributed by atoms with van der Waals surface area (Å²) >= 11 is 5.40. The van der Waals surface area contributed by atoms with Crippen LogP contribution >= 0.6 is 12.2 Å². The smallest absolute Gasteiger partial charge is 0.269 e. The molecule has 0 saturated carbocycles. The lowest BCUT2D eigenvalue weighted by Crippen LogP contribution is -2.43. The lowest BCUT2D eigenvalue weighted by Gasteiger charge is -2.37. The van der Waals surface area contributed by atoms with Crippen LogP contribution in [-0.4, -0.2) is 54.2 Å². The Labute approximate surface area is 174 Å². The number of rotatable bonds is 7. The van der Waals surface area contributed by atoms with Crippen molar-refractivity contribution in [3.05, 3.63) is 18.7 Å². The molecule has 1 aliphatic rings. The number of imidazole rings is 1. The van der Waals surface area contributed by atoms with Crippen LogP contribution in [0.1, 0.15) is 39.5 Å². The molecular weight excluding hydrogens is 392 g/mol. The van der Waals surface area contributed by atoms with Gasteiger partial charge in [-0.05, 0) is 38.9 Å². The minimum Gasteiger partial charge on any atom is -0.464 e. The van der Waals surface area contributed by atoms with Crippen LogP contribution in [0.15, 0.2) is 18.7 Å². The molecule has 1 aromatic rings.